The highest BCUT2D eigenvalue weighted by Crippen LogP contribution is 2.25. The molecule has 1 aromatic rings. The lowest BCUT2D eigenvalue weighted by atomic mass is 10.1. The van der Waals surface area contributed by atoms with Gasteiger partial charge in [-0.2, -0.15) is 0 Å². The Kier molecular flexibility index (Phi) is 4.60. The lowest BCUT2D eigenvalue weighted by molar-refractivity contribution is 0.0741. The van der Waals surface area contributed by atoms with Crippen LogP contribution >= 0.6 is 12.4 Å². The zero-order valence-corrected chi connectivity index (χ0v) is 11.0. The summed E-state index contributed by atoms with van der Waals surface area (Å²) in [5, 5.41) is 0. The van der Waals surface area contributed by atoms with Gasteiger partial charge in [-0.25, -0.2) is 0 Å². The summed E-state index contributed by atoms with van der Waals surface area (Å²) in [6, 6.07) is 2.01. The molecule has 0 aliphatic carbocycles. The van der Waals surface area contributed by atoms with Crippen LogP contribution in [0.1, 0.15) is 29.5 Å². The average molecular weight is 259 g/mol. The minimum absolute atomic E-state index is 0. The molecule has 1 saturated heterocycles. The molecule has 0 bridgehead atoms. The van der Waals surface area contributed by atoms with Crippen LogP contribution in [-0.4, -0.2) is 29.9 Å². The third-order valence-corrected chi connectivity index (χ3v) is 3.34. The molecule has 0 radical (unpaired) electrons. The van der Waals surface area contributed by atoms with Gasteiger partial charge >= 0.3 is 0 Å². The molecule has 2 unspecified atom stereocenters. The molecule has 1 fully saturated rings. The fourth-order valence-electron chi connectivity index (χ4n) is 2.36. The van der Waals surface area contributed by atoms with Gasteiger partial charge in [0.25, 0.3) is 5.91 Å². The van der Waals surface area contributed by atoms with E-state index in [0.717, 1.165) is 13.0 Å². The summed E-state index contributed by atoms with van der Waals surface area (Å²) in [7, 11) is 0. The number of carbonyl (C=O) groups is 1. The molecule has 1 amide bonds. The zero-order chi connectivity index (χ0) is 11.7. The zero-order valence-electron chi connectivity index (χ0n) is 10.2. The summed E-state index contributed by atoms with van der Waals surface area (Å²) in [5.41, 5.74) is 6.32. The Morgan fingerprint density at radius 2 is 2.35 bits per heavy atom. The van der Waals surface area contributed by atoms with Crippen LogP contribution in [0, 0.1) is 12.8 Å². The molecule has 0 spiro atoms. The van der Waals surface area contributed by atoms with Gasteiger partial charge in [0.15, 0.2) is 0 Å². The molecule has 1 aliphatic heterocycles. The molecule has 2 heterocycles. The van der Waals surface area contributed by atoms with E-state index in [1.807, 2.05) is 11.8 Å². The molecule has 1 aromatic heterocycles. The van der Waals surface area contributed by atoms with Gasteiger partial charge in [-0.05, 0) is 38.8 Å². The first kappa shape index (κ1) is 14.1. The summed E-state index contributed by atoms with van der Waals surface area (Å²) < 4.78 is 5.16. The van der Waals surface area contributed by atoms with E-state index >= 15 is 0 Å². The molecule has 2 N–H and O–H groups in total. The topological polar surface area (TPSA) is 59.5 Å². The van der Waals surface area contributed by atoms with Gasteiger partial charge in [0.1, 0.15) is 5.76 Å². The van der Waals surface area contributed by atoms with Crippen molar-refractivity contribution in [3.05, 3.63) is 23.7 Å². The van der Waals surface area contributed by atoms with E-state index in [-0.39, 0.29) is 24.4 Å². The normalized spacial score (nSPS) is 23.6. The molecule has 4 nitrogen and oxygen atoms in total. The first-order chi connectivity index (χ1) is 7.63. The van der Waals surface area contributed by atoms with Gasteiger partial charge in [0.05, 0.1) is 11.8 Å². The molecular formula is C12H19ClN2O2. The van der Waals surface area contributed by atoms with E-state index in [0.29, 0.717) is 23.8 Å². The van der Waals surface area contributed by atoms with Crippen LogP contribution < -0.4 is 5.73 Å². The van der Waals surface area contributed by atoms with Crippen molar-refractivity contribution < 1.29 is 9.21 Å². The largest absolute Gasteiger partial charge is 0.469 e. The minimum atomic E-state index is 0. The molecule has 17 heavy (non-hydrogen) atoms. The van der Waals surface area contributed by atoms with Gasteiger partial charge in [0, 0.05) is 12.6 Å². The monoisotopic (exact) mass is 258 g/mol. The van der Waals surface area contributed by atoms with Crippen molar-refractivity contribution in [2.24, 2.45) is 11.7 Å². The van der Waals surface area contributed by atoms with E-state index in [4.69, 9.17) is 10.2 Å². The van der Waals surface area contributed by atoms with Crippen LogP contribution in [0.3, 0.4) is 0 Å². The summed E-state index contributed by atoms with van der Waals surface area (Å²) in [5.74, 6) is 1.19. The van der Waals surface area contributed by atoms with Crippen LogP contribution in [0.15, 0.2) is 16.7 Å². The average Bonchev–Trinajstić information content (AvgIpc) is 2.83. The number of likely N-dealkylation sites (tertiary alicyclic amines) is 1. The third-order valence-electron chi connectivity index (χ3n) is 3.34. The first-order valence-corrected chi connectivity index (χ1v) is 5.68. The predicted molar refractivity (Wildman–Crippen MR) is 68.4 cm³/mol. The van der Waals surface area contributed by atoms with Crippen molar-refractivity contribution >= 4 is 18.3 Å². The van der Waals surface area contributed by atoms with Crippen molar-refractivity contribution in [2.45, 2.75) is 26.3 Å². The highest BCUT2D eigenvalue weighted by molar-refractivity contribution is 5.95. The second-order valence-electron chi connectivity index (χ2n) is 4.53. The molecule has 2 rings (SSSR count). The predicted octanol–water partition coefficient (Wildman–Crippen LogP) is 1.82. The number of nitrogens with zero attached hydrogens (tertiary/aromatic N) is 1. The minimum Gasteiger partial charge on any atom is -0.469 e. The number of furan rings is 1. The highest BCUT2D eigenvalue weighted by atomic mass is 35.5. The maximum Gasteiger partial charge on any atom is 0.257 e. The van der Waals surface area contributed by atoms with Crippen LogP contribution in [0.4, 0.5) is 0 Å². The van der Waals surface area contributed by atoms with Gasteiger partial charge < -0.3 is 15.1 Å². The van der Waals surface area contributed by atoms with E-state index in [1.165, 1.54) is 0 Å². The van der Waals surface area contributed by atoms with Crippen LogP contribution in [0.25, 0.3) is 0 Å². The number of rotatable bonds is 2. The Balaban J connectivity index is 0.00000144. The molecule has 0 saturated carbocycles. The van der Waals surface area contributed by atoms with Crippen molar-refractivity contribution in [3.8, 4) is 0 Å². The van der Waals surface area contributed by atoms with E-state index < -0.39 is 0 Å². The van der Waals surface area contributed by atoms with E-state index in [9.17, 15) is 4.79 Å². The van der Waals surface area contributed by atoms with Crippen LogP contribution in [0.2, 0.25) is 0 Å². The van der Waals surface area contributed by atoms with Gasteiger partial charge in [-0.3, -0.25) is 4.79 Å². The summed E-state index contributed by atoms with van der Waals surface area (Å²) >= 11 is 0. The van der Waals surface area contributed by atoms with Crippen molar-refractivity contribution in [2.75, 3.05) is 13.1 Å². The Morgan fingerprint density at radius 3 is 2.82 bits per heavy atom. The second kappa shape index (κ2) is 5.56. The van der Waals surface area contributed by atoms with Crippen molar-refractivity contribution in [1.29, 1.82) is 0 Å². The molecule has 1 aliphatic rings. The van der Waals surface area contributed by atoms with E-state index in [2.05, 4.69) is 6.92 Å². The maximum absolute atomic E-state index is 12.2. The number of nitrogens with two attached hydrogens (primary N) is 1. The van der Waals surface area contributed by atoms with Crippen molar-refractivity contribution in [3.63, 3.8) is 0 Å². The van der Waals surface area contributed by atoms with E-state index in [1.54, 1.807) is 12.3 Å². The fraction of sp³-hybridized carbons (Fsp3) is 0.583. The van der Waals surface area contributed by atoms with Crippen molar-refractivity contribution in [1.82, 2.24) is 4.90 Å². The number of amides is 1. The molecule has 2 atom stereocenters. The quantitative estimate of drug-likeness (QED) is 0.880. The van der Waals surface area contributed by atoms with Crippen LogP contribution in [0.5, 0.6) is 0 Å². The summed E-state index contributed by atoms with van der Waals surface area (Å²) in [6.07, 6.45) is 2.56. The lowest BCUT2D eigenvalue weighted by Crippen LogP contribution is -2.34. The molecule has 96 valence electrons. The number of hydrogen-bond donors (Lipinski definition) is 1. The molecular weight excluding hydrogens is 240 g/mol. The number of aryl methyl sites for hydroxylation is 1. The SMILES string of the molecule is Cc1occc1C(=O)N1CC(CN)CC1C.Cl. The number of carbonyl (C=O) groups excluding carboxylic acids is 1. The van der Waals surface area contributed by atoms with Gasteiger partial charge in [-0.15, -0.1) is 12.4 Å². The van der Waals surface area contributed by atoms with Crippen LogP contribution in [-0.2, 0) is 0 Å². The maximum atomic E-state index is 12.2. The standard InChI is InChI=1S/C12H18N2O2.ClH/c1-8-5-10(6-13)7-14(8)12(15)11-3-4-16-9(11)2;/h3-4,8,10H,5-7,13H2,1-2H3;1H. The highest BCUT2D eigenvalue weighted by Gasteiger charge is 2.32. The Bertz CT molecular complexity index is 392. The Morgan fingerprint density at radius 1 is 1.65 bits per heavy atom. The smallest absolute Gasteiger partial charge is 0.257 e. The van der Waals surface area contributed by atoms with Gasteiger partial charge in [-0.1, -0.05) is 0 Å². The Labute approximate surface area is 108 Å². The number of halogens is 1. The summed E-state index contributed by atoms with van der Waals surface area (Å²) in [6.45, 7) is 5.30. The molecule has 5 heteroatoms. The lowest BCUT2D eigenvalue weighted by Gasteiger charge is -2.21. The Hall–Kier alpha value is -1.00. The molecule has 0 aromatic carbocycles. The third kappa shape index (κ3) is 2.64. The fourth-order valence-corrected chi connectivity index (χ4v) is 2.36. The second-order valence-corrected chi connectivity index (χ2v) is 4.53. The number of hydrogen-bond acceptors (Lipinski definition) is 3. The van der Waals surface area contributed by atoms with Gasteiger partial charge in [0.2, 0.25) is 0 Å². The summed E-state index contributed by atoms with van der Waals surface area (Å²) in [4.78, 5) is 14.1. The first-order valence-electron chi connectivity index (χ1n) is 5.68.